The molecule has 1 aliphatic carbocycles. The van der Waals surface area contributed by atoms with Gasteiger partial charge in [0.05, 0.1) is 5.69 Å². The largest absolute Gasteiger partial charge is 0.443 e. The van der Waals surface area contributed by atoms with Crippen LogP contribution < -0.4 is 4.90 Å². The molecule has 0 unspecified atom stereocenters. The van der Waals surface area contributed by atoms with Crippen LogP contribution in [0, 0.1) is 11.8 Å². The molecule has 152 valence electrons. The summed E-state index contributed by atoms with van der Waals surface area (Å²) in [5.41, 5.74) is 2.17. The van der Waals surface area contributed by atoms with Gasteiger partial charge in [0.1, 0.15) is 5.60 Å². The highest BCUT2D eigenvalue weighted by Gasteiger charge is 2.34. The molecule has 28 heavy (non-hydrogen) atoms. The first kappa shape index (κ1) is 19.3. The van der Waals surface area contributed by atoms with Crippen LogP contribution in [0.5, 0.6) is 0 Å². The Balaban J connectivity index is 1.46. The van der Waals surface area contributed by atoms with E-state index < -0.39 is 5.60 Å². The van der Waals surface area contributed by atoms with Crippen molar-refractivity contribution < 1.29 is 14.3 Å². The molecule has 0 bridgehead atoms. The van der Waals surface area contributed by atoms with E-state index in [2.05, 4.69) is 4.90 Å². The lowest BCUT2D eigenvalue weighted by molar-refractivity contribution is 0.0520. The minimum Gasteiger partial charge on any atom is -0.443 e. The molecule has 2 fully saturated rings. The fourth-order valence-electron chi connectivity index (χ4n) is 5.01. The topological polar surface area (TPSA) is 49.9 Å². The van der Waals surface area contributed by atoms with Crippen molar-refractivity contribution in [3.8, 4) is 0 Å². The fraction of sp³-hybridized carbons (Fsp3) is 0.652. The van der Waals surface area contributed by atoms with Gasteiger partial charge in [-0.2, -0.15) is 0 Å². The summed E-state index contributed by atoms with van der Waals surface area (Å²) < 4.78 is 5.51. The van der Waals surface area contributed by atoms with Crippen LogP contribution in [0.25, 0.3) is 0 Å². The monoisotopic (exact) mass is 384 g/mol. The predicted molar refractivity (Wildman–Crippen MR) is 110 cm³/mol. The third-order valence-electron chi connectivity index (χ3n) is 6.41. The number of hydrogen-bond acceptors (Lipinski definition) is 3. The van der Waals surface area contributed by atoms with E-state index in [1.165, 1.54) is 25.7 Å². The Morgan fingerprint density at radius 1 is 1.04 bits per heavy atom. The number of carbonyl (C=O) groups excluding carboxylic acids is 2. The second kappa shape index (κ2) is 7.41. The zero-order chi connectivity index (χ0) is 19.9. The van der Waals surface area contributed by atoms with E-state index >= 15 is 0 Å². The Kier molecular flexibility index (Phi) is 5.11. The summed E-state index contributed by atoms with van der Waals surface area (Å²) in [5, 5.41) is 0. The van der Waals surface area contributed by atoms with Crippen LogP contribution >= 0.6 is 0 Å². The summed E-state index contributed by atoms with van der Waals surface area (Å²) in [7, 11) is 0. The lowest BCUT2D eigenvalue weighted by atomic mass is 9.75. The number of benzene rings is 1. The molecule has 5 heteroatoms. The molecule has 0 spiro atoms. The molecule has 2 atom stereocenters. The summed E-state index contributed by atoms with van der Waals surface area (Å²) in [4.78, 5) is 29.3. The van der Waals surface area contributed by atoms with E-state index in [4.69, 9.17) is 4.74 Å². The molecule has 1 saturated carbocycles. The third kappa shape index (κ3) is 3.89. The average molecular weight is 385 g/mol. The van der Waals surface area contributed by atoms with Gasteiger partial charge in [-0.25, -0.2) is 4.79 Å². The van der Waals surface area contributed by atoms with Crippen molar-refractivity contribution in [1.82, 2.24) is 4.90 Å². The molecule has 1 aromatic carbocycles. The van der Waals surface area contributed by atoms with E-state index in [1.54, 1.807) is 4.90 Å². The van der Waals surface area contributed by atoms with Gasteiger partial charge >= 0.3 is 6.09 Å². The maximum absolute atomic E-state index is 13.1. The lowest BCUT2D eigenvalue weighted by Crippen LogP contribution is -2.44. The van der Waals surface area contributed by atoms with E-state index in [0.29, 0.717) is 12.5 Å². The van der Waals surface area contributed by atoms with Gasteiger partial charge in [0.15, 0.2) is 0 Å². The molecule has 2 heterocycles. The van der Waals surface area contributed by atoms with Gasteiger partial charge in [-0.1, -0.05) is 19.3 Å². The number of nitrogens with zero attached hydrogens (tertiary/aromatic N) is 2. The molecular formula is C23H32N2O3. The molecule has 2 amide bonds. The lowest BCUT2D eigenvalue weighted by Gasteiger charge is -2.41. The summed E-state index contributed by atoms with van der Waals surface area (Å²) in [5.74, 6) is 1.64. The average Bonchev–Trinajstić information content (AvgIpc) is 3.09. The van der Waals surface area contributed by atoms with Crippen molar-refractivity contribution in [2.45, 2.75) is 64.9 Å². The summed E-state index contributed by atoms with van der Waals surface area (Å²) >= 11 is 0. The quantitative estimate of drug-likeness (QED) is 0.709. The van der Waals surface area contributed by atoms with Gasteiger partial charge in [0.25, 0.3) is 5.91 Å². The Bertz CT molecular complexity index is 768. The van der Waals surface area contributed by atoms with Gasteiger partial charge in [-0.05, 0) is 75.6 Å². The van der Waals surface area contributed by atoms with Crippen molar-refractivity contribution in [3.05, 3.63) is 29.3 Å². The van der Waals surface area contributed by atoms with Gasteiger partial charge < -0.3 is 9.64 Å². The normalized spacial score (nSPS) is 24.5. The van der Waals surface area contributed by atoms with E-state index in [9.17, 15) is 9.59 Å². The van der Waals surface area contributed by atoms with E-state index in [-0.39, 0.29) is 12.0 Å². The summed E-state index contributed by atoms with van der Waals surface area (Å²) in [6, 6.07) is 5.76. The molecule has 1 aromatic rings. The maximum Gasteiger partial charge on any atom is 0.414 e. The Labute approximate surface area is 168 Å². The van der Waals surface area contributed by atoms with E-state index in [0.717, 1.165) is 48.7 Å². The van der Waals surface area contributed by atoms with Crippen molar-refractivity contribution in [2.75, 3.05) is 24.5 Å². The smallest absolute Gasteiger partial charge is 0.414 e. The van der Waals surface area contributed by atoms with Crippen LogP contribution in [0.1, 0.15) is 68.8 Å². The molecule has 4 rings (SSSR count). The number of anilines is 1. The summed E-state index contributed by atoms with van der Waals surface area (Å²) in [6.07, 6.45) is 6.87. The van der Waals surface area contributed by atoms with Crippen LogP contribution in [0.4, 0.5) is 10.5 Å². The number of fused-ring (bicyclic) bond motifs is 2. The maximum atomic E-state index is 13.1. The second-order valence-electron chi connectivity index (χ2n) is 9.57. The van der Waals surface area contributed by atoms with Crippen molar-refractivity contribution in [2.24, 2.45) is 11.8 Å². The highest BCUT2D eigenvalue weighted by atomic mass is 16.6. The van der Waals surface area contributed by atoms with Crippen molar-refractivity contribution >= 4 is 17.7 Å². The zero-order valence-corrected chi connectivity index (χ0v) is 17.4. The van der Waals surface area contributed by atoms with Crippen LogP contribution in [0.3, 0.4) is 0 Å². The highest BCUT2D eigenvalue weighted by Crippen LogP contribution is 2.37. The Morgan fingerprint density at radius 2 is 1.79 bits per heavy atom. The van der Waals surface area contributed by atoms with Gasteiger partial charge in [0, 0.05) is 25.2 Å². The first-order valence-electron chi connectivity index (χ1n) is 10.7. The minimum absolute atomic E-state index is 0.141. The van der Waals surface area contributed by atoms with Gasteiger partial charge in [-0.3, -0.25) is 9.69 Å². The molecule has 0 radical (unpaired) electrons. The van der Waals surface area contributed by atoms with Crippen LogP contribution in [0.2, 0.25) is 0 Å². The molecule has 3 aliphatic rings. The van der Waals surface area contributed by atoms with Crippen molar-refractivity contribution in [3.63, 3.8) is 0 Å². The first-order valence-corrected chi connectivity index (χ1v) is 10.7. The predicted octanol–water partition coefficient (Wildman–Crippen LogP) is 4.64. The van der Waals surface area contributed by atoms with Crippen LogP contribution in [-0.4, -0.2) is 42.1 Å². The third-order valence-corrected chi connectivity index (χ3v) is 6.41. The summed E-state index contributed by atoms with van der Waals surface area (Å²) in [6.45, 7) is 8.01. The molecule has 0 N–H and O–H groups in total. The molecule has 2 aliphatic heterocycles. The number of hydrogen-bond donors (Lipinski definition) is 0. The van der Waals surface area contributed by atoms with Crippen molar-refractivity contribution in [1.29, 1.82) is 0 Å². The standard InChI is InChI=1S/C23H32N2O3/c1-23(2,3)28-22(27)25-13-11-17-14-18(8-9-20(17)25)21(26)24-12-10-16-6-4-5-7-19(16)15-24/h8-9,14,16,19H,4-7,10-13,15H2,1-3H3/t16-,19-/m0/s1. The van der Waals surface area contributed by atoms with E-state index in [1.807, 2.05) is 39.0 Å². The Hall–Kier alpha value is -2.04. The highest BCUT2D eigenvalue weighted by molar-refractivity contribution is 5.97. The fourth-order valence-corrected chi connectivity index (χ4v) is 5.01. The second-order valence-corrected chi connectivity index (χ2v) is 9.57. The van der Waals surface area contributed by atoms with Crippen LogP contribution in [0.15, 0.2) is 18.2 Å². The van der Waals surface area contributed by atoms with Gasteiger partial charge in [0.2, 0.25) is 0 Å². The SMILES string of the molecule is CC(C)(C)OC(=O)N1CCc2cc(C(=O)N3CC[C@@H]4CCCC[C@H]4C3)ccc21. The molecule has 1 saturated heterocycles. The number of piperidine rings is 1. The molecular weight excluding hydrogens is 352 g/mol. The number of carbonyl (C=O) groups is 2. The number of rotatable bonds is 1. The minimum atomic E-state index is -0.513. The Morgan fingerprint density at radius 3 is 2.54 bits per heavy atom. The number of amides is 2. The zero-order valence-electron chi connectivity index (χ0n) is 17.4. The van der Waals surface area contributed by atoms with Gasteiger partial charge in [-0.15, -0.1) is 0 Å². The molecule has 0 aromatic heterocycles. The number of ether oxygens (including phenoxy) is 1. The first-order chi connectivity index (χ1) is 13.3. The molecule has 5 nitrogen and oxygen atoms in total. The number of likely N-dealkylation sites (tertiary alicyclic amines) is 1. The van der Waals surface area contributed by atoms with Crippen LogP contribution in [-0.2, 0) is 11.2 Å².